The number of hydrogen-bond acceptors (Lipinski definition) is 4. The summed E-state index contributed by atoms with van der Waals surface area (Å²) in [6.45, 7) is -0.288. The van der Waals surface area contributed by atoms with Crippen molar-refractivity contribution in [3.8, 4) is 0 Å². The van der Waals surface area contributed by atoms with Crippen LogP contribution in [-0.4, -0.2) is 44.8 Å². The minimum absolute atomic E-state index is 0.0199. The van der Waals surface area contributed by atoms with E-state index in [1.54, 1.807) is 24.3 Å². The standard InChI is InChI=1S/C25H17ClFN3O3S/c26-16-7-11-18(12-8-16)28-21(31)14-29-22-19-3-1-2-4-20(19)34-23(22)24(32)30(25(29)33)13-15-5-9-17(27)10-6-15/h1-12,23H,13-14H2/p+1. The SMILES string of the molecule is O=C(C[N+]1=C2c3ccccc3SC2C(=O)N(Cc2ccc(F)cc2)C1=O)Nc1ccc(Cl)cc1. The fourth-order valence-corrected chi connectivity index (χ4v) is 5.42. The molecule has 0 saturated heterocycles. The molecule has 4 amide bonds. The Balaban J connectivity index is 1.49. The van der Waals surface area contributed by atoms with E-state index >= 15 is 0 Å². The van der Waals surface area contributed by atoms with Crippen molar-refractivity contribution in [3.63, 3.8) is 0 Å². The van der Waals surface area contributed by atoms with E-state index < -0.39 is 23.0 Å². The largest absolute Gasteiger partial charge is 0.501 e. The van der Waals surface area contributed by atoms with Gasteiger partial charge >= 0.3 is 11.9 Å². The summed E-state index contributed by atoms with van der Waals surface area (Å²) in [6.07, 6.45) is 0. The lowest BCUT2D eigenvalue weighted by Crippen LogP contribution is -2.56. The van der Waals surface area contributed by atoms with Gasteiger partial charge in [0.2, 0.25) is 0 Å². The van der Waals surface area contributed by atoms with Crippen LogP contribution in [0.2, 0.25) is 5.02 Å². The zero-order valence-corrected chi connectivity index (χ0v) is 19.3. The van der Waals surface area contributed by atoms with Crippen LogP contribution in [0.1, 0.15) is 11.1 Å². The Bertz CT molecular complexity index is 1340. The molecule has 0 aliphatic carbocycles. The third-order valence-corrected chi connectivity index (χ3v) is 7.11. The quantitative estimate of drug-likeness (QED) is 0.528. The molecule has 1 unspecified atom stereocenters. The molecule has 6 nitrogen and oxygen atoms in total. The molecular weight excluding hydrogens is 477 g/mol. The maximum Gasteiger partial charge on any atom is 0.501 e. The summed E-state index contributed by atoms with van der Waals surface area (Å²) >= 11 is 7.26. The fraction of sp³-hybridized carbons (Fsp3) is 0.120. The molecular formula is C25H18ClFN3O3S+. The summed E-state index contributed by atoms with van der Waals surface area (Å²) in [5.74, 6) is -1.18. The van der Waals surface area contributed by atoms with Crippen LogP contribution in [0, 0.1) is 5.82 Å². The van der Waals surface area contributed by atoms with E-state index in [1.165, 1.54) is 40.6 Å². The first-order valence-corrected chi connectivity index (χ1v) is 11.7. The average molecular weight is 495 g/mol. The van der Waals surface area contributed by atoms with Gasteiger partial charge in [-0.15, -0.1) is 11.8 Å². The number of benzene rings is 3. The number of imide groups is 1. The number of anilines is 1. The van der Waals surface area contributed by atoms with E-state index in [4.69, 9.17) is 11.6 Å². The molecule has 3 aromatic rings. The molecule has 5 rings (SSSR count). The van der Waals surface area contributed by atoms with Gasteiger partial charge in [-0.25, -0.2) is 9.18 Å². The molecule has 1 N–H and O–H groups in total. The van der Waals surface area contributed by atoms with Crippen LogP contribution in [0.25, 0.3) is 0 Å². The lowest BCUT2D eigenvalue weighted by Gasteiger charge is -2.24. The molecule has 0 bridgehead atoms. The van der Waals surface area contributed by atoms with Crippen molar-refractivity contribution in [2.24, 2.45) is 0 Å². The van der Waals surface area contributed by atoms with Crippen molar-refractivity contribution < 1.29 is 23.3 Å². The smallest absolute Gasteiger partial charge is 0.323 e. The van der Waals surface area contributed by atoms with Crippen LogP contribution in [0.15, 0.2) is 77.7 Å². The summed E-state index contributed by atoms with van der Waals surface area (Å²) in [6, 6.07) is 19.1. The van der Waals surface area contributed by atoms with Crippen molar-refractivity contribution >= 4 is 52.6 Å². The minimum Gasteiger partial charge on any atom is -0.323 e. The topological polar surface area (TPSA) is 69.5 Å². The summed E-state index contributed by atoms with van der Waals surface area (Å²) in [7, 11) is 0. The number of halogens is 2. The van der Waals surface area contributed by atoms with E-state index in [-0.39, 0.29) is 19.0 Å². The second kappa shape index (κ2) is 9.04. The summed E-state index contributed by atoms with van der Waals surface area (Å²) in [4.78, 5) is 41.8. The van der Waals surface area contributed by atoms with Gasteiger partial charge in [-0.3, -0.25) is 4.79 Å². The maximum atomic E-state index is 13.5. The molecule has 1 atom stereocenters. The molecule has 9 heteroatoms. The van der Waals surface area contributed by atoms with E-state index in [2.05, 4.69) is 5.32 Å². The molecule has 0 fully saturated rings. The van der Waals surface area contributed by atoms with E-state index in [0.717, 1.165) is 15.4 Å². The van der Waals surface area contributed by atoms with Crippen molar-refractivity contribution in [1.82, 2.24) is 4.90 Å². The first-order chi connectivity index (χ1) is 16.4. The molecule has 3 aromatic carbocycles. The summed E-state index contributed by atoms with van der Waals surface area (Å²) < 4.78 is 14.7. The number of urea groups is 1. The highest BCUT2D eigenvalue weighted by Gasteiger charge is 2.52. The van der Waals surface area contributed by atoms with Gasteiger partial charge in [0.25, 0.3) is 5.91 Å². The van der Waals surface area contributed by atoms with Crippen molar-refractivity contribution in [1.29, 1.82) is 0 Å². The molecule has 0 saturated carbocycles. The number of thioether (sulfide) groups is 1. The predicted molar refractivity (Wildman–Crippen MR) is 128 cm³/mol. The second-order valence-corrected chi connectivity index (χ2v) is 9.44. The Kier molecular flexibility index (Phi) is 5.93. The second-order valence-electron chi connectivity index (χ2n) is 7.85. The number of nitrogens with one attached hydrogen (secondary N) is 1. The molecule has 170 valence electrons. The molecule has 0 radical (unpaired) electrons. The van der Waals surface area contributed by atoms with Crippen molar-refractivity contribution in [3.05, 3.63) is 94.8 Å². The number of carbonyl (C=O) groups excluding carboxylic acids is 3. The normalized spacial score (nSPS) is 17.0. The van der Waals surface area contributed by atoms with Crippen LogP contribution in [0.4, 0.5) is 14.9 Å². The van der Waals surface area contributed by atoms with Gasteiger partial charge in [0.1, 0.15) is 18.1 Å². The average Bonchev–Trinajstić information content (AvgIpc) is 3.22. The van der Waals surface area contributed by atoms with Crippen LogP contribution in [-0.2, 0) is 16.1 Å². The highest BCUT2D eigenvalue weighted by atomic mass is 35.5. The molecule has 2 heterocycles. The predicted octanol–water partition coefficient (Wildman–Crippen LogP) is 4.56. The zero-order valence-electron chi connectivity index (χ0n) is 17.7. The molecule has 34 heavy (non-hydrogen) atoms. The first kappa shape index (κ1) is 22.3. The van der Waals surface area contributed by atoms with E-state index in [1.807, 2.05) is 24.3 Å². The van der Waals surface area contributed by atoms with E-state index in [0.29, 0.717) is 22.0 Å². The Morgan fingerprint density at radius 3 is 2.47 bits per heavy atom. The minimum atomic E-state index is -0.654. The van der Waals surface area contributed by atoms with Crippen LogP contribution in [0.5, 0.6) is 0 Å². The molecule has 0 spiro atoms. The number of hydrogen-bond donors (Lipinski definition) is 1. The van der Waals surface area contributed by atoms with Gasteiger partial charge in [-0.1, -0.05) is 35.9 Å². The van der Waals surface area contributed by atoms with Crippen LogP contribution in [0.3, 0.4) is 0 Å². The fourth-order valence-electron chi connectivity index (χ4n) is 3.99. The van der Waals surface area contributed by atoms with Crippen LogP contribution >= 0.6 is 23.4 Å². The number of amides is 4. The lowest BCUT2D eigenvalue weighted by molar-refractivity contribution is -0.426. The van der Waals surface area contributed by atoms with Gasteiger partial charge in [0.15, 0.2) is 11.8 Å². The number of rotatable bonds is 5. The van der Waals surface area contributed by atoms with Crippen LogP contribution < -0.4 is 5.32 Å². The lowest BCUT2D eigenvalue weighted by atomic mass is 10.0. The highest BCUT2D eigenvalue weighted by molar-refractivity contribution is 8.02. The third-order valence-electron chi connectivity index (χ3n) is 5.58. The number of carbonyl (C=O) groups is 3. The Hall–Kier alpha value is -3.49. The Morgan fingerprint density at radius 2 is 1.74 bits per heavy atom. The van der Waals surface area contributed by atoms with Crippen molar-refractivity contribution in [2.75, 3.05) is 11.9 Å². The first-order valence-electron chi connectivity index (χ1n) is 10.5. The van der Waals surface area contributed by atoms with Gasteiger partial charge in [0, 0.05) is 21.2 Å². The van der Waals surface area contributed by atoms with E-state index in [9.17, 15) is 18.8 Å². The van der Waals surface area contributed by atoms with Gasteiger partial charge in [-0.2, -0.15) is 14.3 Å². The highest BCUT2D eigenvalue weighted by Crippen LogP contribution is 2.40. The molecule has 2 aliphatic heterocycles. The molecule has 0 aromatic heterocycles. The third kappa shape index (κ3) is 4.22. The monoisotopic (exact) mass is 494 g/mol. The summed E-state index contributed by atoms with van der Waals surface area (Å²) in [5.41, 5.74) is 2.43. The Labute approximate surface area is 204 Å². The number of nitrogens with zero attached hydrogens (tertiary/aromatic N) is 2. The zero-order chi connectivity index (χ0) is 23.8. The van der Waals surface area contributed by atoms with Gasteiger partial charge < -0.3 is 5.32 Å². The van der Waals surface area contributed by atoms with Gasteiger partial charge in [0.05, 0.1) is 0 Å². The molecule has 2 aliphatic rings. The number of fused-ring (bicyclic) bond motifs is 3. The van der Waals surface area contributed by atoms with Gasteiger partial charge in [-0.05, 0) is 54.1 Å². The maximum absolute atomic E-state index is 13.5. The Morgan fingerprint density at radius 1 is 1.03 bits per heavy atom. The summed E-state index contributed by atoms with van der Waals surface area (Å²) in [5, 5.41) is 2.65. The van der Waals surface area contributed by atoms with Crippen molar-refractivity contribution in [2.45, 2.75) is 16.7 Å².